The molecule has 0 aliphatic rings. The summed E-state index contributed by atoms with van der Waals surface area (Å²) < 4.78 is 24.3. The van der Waals surface area contributed by atoms with Crippen LogP contribution >= 0.6 is 0 Å². The standard InChI is InChI=1S/C26H35N3O5/c1-5-23-22(18-28(15-16-31-2)17-21(30)19-32-3)26(29(27-23)20-11-7-6-8-12-20)34-25-14-10-9-13-24(25)33-4/h6-14,21,30H,5,15-19H2,1-4H3/t21-/m0/s1. The molecule has 0 bridgehead atoms. The fraction of sp³-hybridized carbons (Fsp3) is 0.423. The van der Waals surface area contributed by atoms with Crippen LogP contribution in [0.25, 0.3) is 5.69 Å². The minimum Gasteiger partial charge on any atom is -0.493 e. The second kappa shape index (κ2) is 13.1. The summed E-state index contributed by atoms with van der Waals surface area (Å²) in [5.74, 6) is 1.86. The van der Waals surface area contributed by atoms with Gasteiger partial charge in [0.15, 0.2) is 11.5 Å². The summed E-state index contributed by atoms with van der Waals surface area (Å²) in [6.45, 7) is 4.49. The van der Waals surface area contributed by atoms with Crippen molar-refractivity contribution < 1.29 is 24.1 Å². The normalized spacial score (nSPS) is 12.2. The summed E-state index contributed by atoms with van der Waals surface area (Å²) in [6.07, 6.45) is 0.116. The number of rotatable bonds is 14. The first-order valence-corrected chi connectivity index (χ1v) is 11.5. The Kier molecular flexibility index (Phi) is 9.90. The fourth-order valence-corrected chi connectivity index (χ4v) is 3.80. The summed E-state index contributed by atoms with van der Waals surface area (Å²) in [5.41, 5.74) is 2.78. The van der Waals surface area contributed by atoms with E-state index in [1.54, 1.807) is 21.3 Å². The van der Waals surface area contributed by atoms with Crippen LogP contribution in [0.5, 0.6) is 17.4 Å². The highest BCUT2D eigenvalue weighted by Crippen LogP contribution is 2.36. The molecule has 3 rings (SSSR count). The lowest BCUT2D eigenvalue weighted by molar-refractivity contribution is 0.0291. The minimum absolute atomic E-state index is 0.262. The first kappa shape index (κ1) is 25.7. The van der Waals surface area contributed by atoms with Gasteiger partial charge in [-0.05, 0) is 30.7 Å². The number of hydrogen-bond acceptors (Lipinski definition) is 7. The summed E-state index contributed by atoms with van der Waals surface area (Å²) in [4.78, 5) is 2.13. The van der Waals surface area contributed by atoms with E-state index in [0.29, 0.717) is 43.6 Å². The van der Waals surface area contributed by atoms with Gasteiger partial charge < -0.3 is 24.1 Å². The molecule has 34 heavy (non-hydrogen) atoms. The highest BCUT2D eigenvalue weighted by atomic mass is 16.5. The summed E-state index contributed by atoms with van der Waals surface area (Å²) in [6, 6.07) is 17.5. The molecule has 0 saturated carbocycles. The van der Waals surface area contributed by atoms with Gasteiger partial charge in [-0.3, -0.25) is 4.90 Å². The maximum absolute atomic E-state index is 10.4. The molecular formula is C26H35N3O5. The van der Waals surface area contributed by atoms with Gasteiger partial charge in [0, 0.05) is 33.9 Å². The molecule has 184 valence electrons. The van der Waals surface area contributed by atoms with Crippen LogP contribution in [0.3, 0.4) is 0 Å². The smallest absolute Gasteiger partial charge is 0.227 e. The van der Waals surface area contributed by atoms with Crippen LogP contribution in [0.1, 0.15) is 18.2 Å². The number of aryl methyl sites for hydroxylation is 1. The predicted molar refractivity (Wildman–Crippen MR) is 131 cm³/mol. The zero-order chi connectivity index (χ0) is 24.3. The fourth-order valence-electron chi connectivity index (χ4n) is 3.80. The Labute approximate surface area is 201 Å². The van der Waals surface area contributed by atoms with E-state index < -0.39 is 6.10 Å². The van der Waals surface area contributed by atoms with Gasteiger partial charge >= 0.3 is 0 Å². The molecule has 8 nitrogen and oxygen atoms in total. The second-order valence-electron chi connectivity index (χ2n) is 7.92. The van der Waals surface area contributed by atoms with E-state index in [9.17, 15) is 5.11 Å². The molecule has 0 aliphatic carbocycles. The molecule has 3 aromatic rings. The number of aromatic nitrogens is 2. The van der Waals surface area contributed by atoms with Gasteiger partial charge in [0.05, 0.1) is 43.4 Å². The van der Waals surface area contributed by atoms with Crippen LogP contribution in [-0.4, -0.2) is 73.5 Å². The second-order valence-corrected chi connectivity index (χ2v) is 7.92. The third kappa shape index (κ3) is 6.57. The van der Waals surface area contributed by atoms with Crippen molar-refractivity contribution in [1.29, 1.82) is 0 Å². The largest absolute Gasteiger partial charge is 0.493 e. The Morgan fingerprint density at radius 3 is 2.32 bits per heavy atom. The van der Waals surface area contributed by atoms with Crippen molar-refractivity contribution in [3.63, 3.8) is 0 Å². The topological polar surface area (TPSA) is 78.2 Å². The van der Waals surface area contributed by atoms with Crippen LogP contribution in [0.2, 0.25) is 0 Å². The molecule has 8 heteroatoms. The first-order chi connectivity index (χ1) is 16.6. The van der Waals surface area contributed by atoms with E-state index in [4.69, 9.17) is 24.0 Å². The quantitative estimate of drug-likeness (QED) is 0.386. The number of aliphatic hydroxyl groups excluding tert-OH is 1. The van der Waals surface area contributed by atoms with Gasteiger partial charge in [0.2, 0.25) is 5.88 Å². The van der Waals surface area contributed by atoms with E-state index in [1.807, 2.05) is 59.3 Å². The molecule has 0 radical (unpaired) electrons. The van der Waals surface area contributed by atoms with Crippen molar-refractivity contribution in [2.75, 3.05) is 47.6 Å². The highest BCUT2D eigenvalue weighted by Gasteiger charge is 2.24. The number of aliphatic hydroxyl groups is 1. The SMILES string of the molecule is CCc1nn(-c2ccccc2)c(Oc2ccccc2OC)c1CN(CCOC)C[C@H](O)COC. The molecule has 1 aromatic heterocycles. The van der Waals surface area contributed by atoms with Crippen molar-refractivity contribution in [2.24, 2.45) is 0 Å². The number of nitrogens with zero attached hydrogens (tertiary/aromatic N) is 3. The van der Waals surface area contributed by atoms with Crippen molar-refractivity contribution in [1.82, 2.24) is 14.7 Å². The number of benzene rings is 2. The van der Waals surface area contributed by atoms with Crippen molar-refractivity contribution in [3.8, 4) is 23.1 Å². The maximum atomic E-state index is 10.4. The zero-order valence-electron chi connectivity index (χ0n) is 20.4. The van der Waals surface area contributed by atoms with Crippen LogP contribution in [-0.2, 0) is 22.4 Å². The molecule has 0 fully saturated rings. The van der Waals surface area contributed by atoms with Crippen LogP contribution in [0.4, 0.5) is 0 Å². The van der Waals surface area contributed by atoms with E-state index >= 15 is 0 Å². The molecule has 0 saturated heterocycles. The van der Waals surface area contributed by atoms with Gasteiger partial charge in [0.1, 0.15) is 0 Å². The lowest BCUT2D eigenvalue weighted by atomic mass is 10.1. The van der Waals surface area contributed by atoms with E-state index in [1.165, 1.54) is 0 Å². The molecule has 1 heterocycles. The van der Waals surface area contributed by atoms with Gasteiger partial charge in [-0.15, -0.1) is 0 Å². The molecule has 0 spiro atoms. The average molecular weight is 470 g/mol. The molecule has 1 N–H and O–H groups in total. The Bertz CT molecular complexity index is 1010. The molecule has 0 aliphatic heterocycles. The van der Waals surface area contributed by atoms with E-state index in [2.05, 4.69) is 11.8 Å². The third-order valence-electron chi connectivity index (χ3n) is 5.45. The Morgan fingerprint density at radius 2 is 1.68 bits per heavy atom. The first-order valence-electron chi connectivity index (χ1n) is 11.5. The molecule has 0 unspecified atom stereocenters. The predicted octanol–water partition coefficient (Wildman–Crippen LogP) is 3.69. The number of methoxy groups -OCH3 is 3. The third-order valence-corrected chi connectivity index (χ3v) is 5.45. The van der Waals surface area contributed by atoms with Gasteiger partial charge in [-0.25, -0.2) is 4.68 Å². The zero-order valence-corrected chi connectivity index (χ0v) is 20.4. The Balaban J connectivity index is 2.05. The lowest BCUT2D eigenvalue weighted by Gasteiger charge is -2.25. The average Bonchev–Trinajstić information content (AvgIpc) is 3.20. The van der Waals surface area contributed by atoms with Gasteiger partial charge in [0.25, 0.3) is 0 Å². The van der Waals surface area contributed by atoms with Crippen molar-refractivity contribution in [2.45, 2.75) is 26.0 Å². The molecule has 0 amide bonds. The molecule has 1 atom stereocenters. The number of ether oxygens (including phenoxy) is 4. The van der Waals surface area contributed by atoms with Crippen LogP contribution in [0, 0.1) is 0 Å². The summed E-state index contributed by atoms with van der Waals surface area (Å²) >= 11 is 0. The van der Waals surface area contributed by atoms with Crippen molar-refractivity contribution in [3.05, 3.63) is 65.9 Å². The lowest BCUT2D eigenvalue weighted by Crippen LogP contribution is -2.36. The van der Waals surface area contributed by atoms with Crippen LogP contribution < -0.4 is 9.47 Å². The van der Waals surface area contributed by atoms with Crippen LogP contribution in [0.15, 0.2) is 54.6 Å². The summed E-state index contributed by atoms with van der Waals surface area (Å²) in [5, 5.41) is 15.3. The maximum Gasteiger partial charge on any atom is 0.227 e. The van der Waals surface area contributed by atoms with Gasteiger partial charge in [-0.2, -0.15) is 5.10 Å². The van der Waals surface area contributed by atoms with Gasteiger partial charge in [-0.1, -0.05) is 37.3 Å². The van der Waals surface area contributed by atoms with E-state index in [-0.39, 0.29) is 6.61 Å². The Hall–Kier alpha value is -2.91. The van der Waals surface area contributed by atoms with Crippen molar-refractivity contribution >= 4 is 0 Å². The Morgan fingerprint density at radius 1 is 0.971 bits per heavy atom. The van der Waals surface area contributed by atoms with E-state index in [0.717, 1.165) is 23.4 Å². The summed E-state index contributed by atoms with van der Waals surface area (Å²) in [7, 11) is 4.88. The molecular weight excluding hydrogens is 434 g/mol. The minimum atomic E-state index is -0.616. The highest BCUT2D eigenvalue weighted by molar-refractivity contribution is 5.47. The monoisotopic (exact) mass is 469 g/mol. The number of hydrogen-bond donors (Lipinski definition) is 1. The number of para-hydroxylation sites is 3. The molecule has 2 aromatic carbocycles.